The average molecular weight is 268 g/mol. The lowest BCUT2D eigenvalue weighted by atomic mass is 9.87. The van der Waals surface area contributed by atoms with Gasteiger partial charge in [0.25, 0.3) is 0 Å². The lowest BCUT2D eigenvalue weighted by Gasteiger charge is -2.27. The van der Waals surface area contributed by atoms with Gasteiger partial charge in [0.05, 0.1) is 0 Å². The van der Waals surface area contributed by atoms with Crippen LogP contribution in [0.25, 0.3) is 0 Å². The van der Waals surface area contributed by atoms with Crippen LogP contribution in [0.5, 0.6) is 0 Å². The summed E-state index contributed by atoms with van der Waals surface area (Å²) in [5, 5.41) is 13.9. The van der Waals surface area contributed by atoms with Crippen molar-refractivity contribution in [3.8, 4) is 0 Å². The van der Waals surface area contributed by atoms with Crippen molar-refractivity contribution in [3.63, 3.8) is 0 Å². The second kappa shape index (κ2) is 5.69. The van der Waals surface area contributed by atoms with Gasteiger partial charge in [0.15, 0.2) is 0 Å². The topological polar surface area (TPSA) is 78.4 Å². The summed E-state index contributed by atoms with van der Waals surface area (Å²) in [7, 11) is 0. The fourth-order valence-electron chi connectivity index (χ4n) is 1.48. The first-order valence-corrected chi connectivity index (χ1v) is 5.76. The summed E-state index contributed by atoms with van der Waals surface area (Å²) in [5.74, 6) is -1.52. The van der Waals surface area contributed by atoms with Crippen LogP contribution in [0.4, 0.5) is 14.9 Å². The summed E-state index contributed by atoms with van der Waals surface area (Å²) in [6, 6.07) is 3.52. The van der Waals surface area contributed by atoms with Crippen molar-refractivity contribution in [2.45, 2.75) is 26.8 Å². The van der Waals surface area contributed by atoms with E-state index in [1.807, 2.05) is 0 Å². The molecule has 0 fully saturated rings. The van der Waals surface area contributed by atoms with E-state index in [1.165, 1.54) is 24.3 Å². The molecule has 3 N–H and O–H groups in total. The van der Waals surface area contributed by atoms with Gasteiger partial charge in [0.1, 0.15) is 11.9 Å². The Labute approximate surface area is 110 Å². The second-order valence-corrected chi connectivity index (χ2v) is 5.24. The van der Waals surface area contributed by atoms with E-state index in [-0.39, 0.29) is 0 Å². The zero-order valence-corrected chi connectivity index (χ0v) is 11.0. The molecule has 104 valence electrons. The molecule has 2 amide bonds. The summed E-state index contributed by atoms with van der Waals surface area (Å²) < 4.78 is 12.7. The Morgan fingerprint density at radius 1 is 1.21 bits per heavy atom. The number of halogens is 1. The highest BCUT2D eigenvalue weighted by Gasteiger charge is 2.32. The first kappa shape index (κ1) is 14.9. The monoisotopic (exact) mass is 268 g/mol. The maximum atomic E-state index is 12.7. The van der Waals surface area contributed by atoms with Crippen LogP contribution in [0.3, 0.4) is 0 Å². The van der Waals surface area contributed by atoms with Crippen LogP contribution in [-0.4, -0.2) is 23.1 Å². The summed E-state index contributed by atoms with van der Waals surface area (Å²) in [5.41, 5.74) is -0.233. The normalized spacial score (nSPS) is 12.6. The van der Waals surface area contributed by atoms with Gasteiger partial charge in [-0.05, 0) is 29.7 Å². The molecule has 0 radical (unpaired) electrons. The number of hydrogen-bond donors (Lipinski definition) is 3. The van der Waals surface area contributed by atoms with Gasteiger partial charge in [0, 0.05) is 5.69 Å². The number of urea groups is 1. The van der Waals surface area contributed by atoms with Crippen molar-refractivity contribution in [1.29, 1.82) is 0 Å². The molecule has 1 aromatic carbocycles. The molecule has 0 unspecified atom stereocenters. The van der Waals surface area contributed by atoms with Gasteiger partial charge in [-0.1, -0.05) is 20.8 Å². The molecule has 0 saturated heterocycles. The molecule has 1 aromatic rings. The third kappa shape index (κ3) is 4.57. The standard InChI is InChI=1S/C13H17FN2O3/c1-13(2,3)10(11(17)18)16-12(19)15-9-6-4-8(14)5-7-9/h4-7,10H,1-3H3,(H,17,18)(H2,15,16,19)/t10-/m1/s1. The largest absolute Gasteiger partial charge is 0.480 e. The Hall–Kier alpha value is -2.11. The number of hydrogen-bond acceptors (Lipinski definition) is 2. The molecule has 19 heavy (non-hydrogen) atoms. The lowest BCUT2D eigenvalue weighted by Crippen LogP contribution is -2.50. The average Bonchev–Trinajstić information content (AvgIpc) is 2.27. The number of carbonyl (C=O) groups excluding carboxylic acids is 1. The van der Waals surface area contributed by atoms with Gasteiger partial charge in [-0.3, -0.25) is 0 Å². The van der Waals surface area contributed by atoms with Gasteiger partial charge in [-0.25, -0.2) is 14.0 Å². The van der Waals surface area contributed by atoms with Gasteiger partial charge in [-0.2, -0.15) is 0 Å². The highest BCUT2D eigenvalue weighted by molar-refractivity contribution is 5.92. The minimum absolute atomic E-state index is 0.386. The molecule has 0 spiro atoms. The molecule has 0 aliphatic carbocycles. The Morgan fingerprint density at radius 2 is 1.74 bits per heavy atom. The number of carboxylic acids is 1. The van der Waals surface area contributed by atoms with Gasteiger partial charge in [-0.15, -0.1) is 0 Å². The Bertz CT molecular complexity index is 466. The molecule has 0 heterocycles. The fourth-order valence-corrected chi connectivity index (χ4v) is 1.48. The number of amides is 2. The Morgan fingerprint density at radius 3 is 2.16 bits per heavy atom. The molecule has 5 nitrogen and oxygen atoms in total. The Balaban J connectivity index is 2.68. The number of carboxylic acid groups (broad SMARTS) is 1. The zero-order chi connectivity index (χ0) is 14.6. The maximum Gasteiger partial charge on any atom is 0.326 e. The third-order valence-corrected chi connectivity index (χ3v) is 2.49. The van der Waals surface area contributed by atoms with Crippen LogP contribution in [0.2, 0.25) is 0 Å². The molecular formula is C13H17FN2O3. The van der Waals surface area contributed by atoms with Crippen molar-refractivity contribution in [2.24, 2.45) is 5.41 Å². The van der Waals surface area contributed by atoms with Crippen LogP contribution in [0.15, 0.2) is 24.3 Å². The predicted molar refractivity (Wildman–Crippen MR) is 69.4 cm³/mol. The molecule has 6 heteroatoms. The van der Waals surface area contributed by atoms with Crippen LogP contribution in [-0.2, 0) is 4.79 Å². The molecule has 1 rings (SSSR count). The van der Waals surface area contributed by atoms with Crippen molar-refractivity contribution < 1.29 is 19.1 Å². The number of anilines is 1. The zero-order valence-electron chi connectivity index (χ0n) is 11.0. The SMILES string of the molecule is CC(C)(C)[C@H](NC(=O)Nc1ccc(F)cc1)C(=O)O. The van der Waals surface area contributed by atoms with Crippen LogP contribution in [0.1, 0.15) is 20.8 Å². The minimum atomic E-state index is -1.11. The summed E-state index contributed by atoms with van der Waals surface area (Å²) in [4.78, 5) is 22.8. The summed E-state index contributed by atoms with van der Waals surface area (Å²) >= 11 is 0. The van der Waals surface area contributed by atoms with E-state index >= 15 is 0 Å². The first-order valence-electron chi connectivity index (χ1n) is 5.76. The first-order chi connectivity index (χ1) is 8.70. The van der Waals surface area contributed by atoms with E-state index in [1.54, 1.807) is 20.8 Å². The summed E-state index contributed by atoms with van der Waals surface area (Å²) in [6.07, 6.45) is 0. The van der Waals surface area contributed by atoms with E-state index in [4.69, 9.17) is 5.11 Å². The highest BCUT2D eigenvalue weighted by Crippen LogP contribution is 2.19. The van der Waals surface area contributed by atoms with Gasteiger partial charge >= 0.3 is 12.0 Å². The summed E-state index contributed by atoms with van der Waals surface area (Å²) in [6.45, 7) is 5.14. The van der Waals surface area contributed by atoms with Gasteiger partial charge < -0.3 is 15.7 Å². The molecule has 0 bridgehead atoms. The van der Waals surface area contributed by atoms with Crippen molar-refractivity contribution >= 4 is 17.7 Å². The van der Waals surface area contributed by atoms with Crippen molar-refractivity contribution in [3.05, 3.63) is 30.1 Å². The molecular weight excluding hydrogens is 251 g/mol. The van der Waals surface area contributed by atoms with E-state index in [9.17, 15) is 14.0 Å². The molecule has 0 saturated carbocycles. The molecule has 0 aliphatic heterocycles. The number of aliphatic carboxylic acids is 1. The molecule has 0 aliphatic rings. The fraction of sp³-hybridized carbons (Fsp3) is 0.385. The highest BCUT2D eigenvalue weighted by atomic mass is 19.1. The van der Waals surface area contributed by atoms with Crippen LogP contribution in [0, 0.1) is 11.2 Å². The Kier molecular flexibility index (Phi) is 4.47. The molecule has 1 atom stereocenters. The van der Waals surface area contributed by atoms with Crippen LogP contribution < -0.4 is 10.6 Å². The number of carbonyl (C=O) groups is 2. The van der Waals surface area contributed by atoms with Gasteiger partial charge in [0.2, 0.25) is 0 Å². The minimum Gasteiger partial charge on any atom is -0.480 e. The van der Waals surface area contributed by atoms with E-state index in [2.05, 4.69) is 10.6 Å². The smallest absolute Gasteiger partial charge is 0.326 e. The van der Waals surface area contributed by atoms with E-state index < -0.39 is 29.3 Å². The second-order valence-electron chi connectivity index (χ2n) is 5.24. The van der Waals surface area contributed by atoms with E-state index in [0.717, 1.165) is 0 Å². The number of nitrogens with one attached hydrogen (secondary N) is 2. The maximum absolute atomic E-state index is 12.7. The third-order valence-electron chi connectivity index (χ3n) is 2.49. The predicted octanol–water partition coefficient (Wildman–Crippen LogP) is 2.45. The quantitative estimate of drug-likeness (QED) is 0.787. The van der Waals surface area contributed by atoms with E-state index in [0.29, 0.717) is 5.69 Å². The van der Waals surface area contributed by atoms with Crippen LogP contribution >= 0.6 is 0 Å². The van der Waals surface area contributed by atoms with Crippen molar-refractivity contribution in [2.75, 3.05) is 5.32 Å². The number of rotatable bonds is 3. The molecule has 0 aromatic heterocycles. The number of benzene rings is 1. The van der Waals surface area contributed by atoms with Crippen molar-refractivity contribution in [1.82, 2.24) is 5.32 Å². The lowest BCUT2D eigenvalue weighted by molar-refractivity contribution is -0.141.